The van der Waals surface area contributed by atoms with Crippen molar-refractivity contribution in [1.29, 1.82) is 0 Å². The number of esters is 1. The Kier molecular flexibility index (Phi) is 5.40. The molecule has 1 rings (SSSR count). The van der Waals surface area contributed by atoms with Gasteiger partial charge in [-0.15, -0.1) is 0 Å². The molecular formula is C14H18O3. The van der Waals surface area contributed by atoms with E-state index in [1.54, 1.807) is 0 Å². The molecule has 1 aromatic rings. The van der Waals surface area contributed by atoms with E-state index in [9.17, 15) is 9.59 Å². The minimum atomic E-state index is -0.334. The van der Waals surface area contributed by atoms with Crippen molar-refractivity contribution in [2.45, 2.75) is 32.6 Å². The third-order valence-electron chi connectivity index (χ3n) is 2.67. The number of carbonyl (C=O) groups is 2. The van der Waals surface area contributed by atoms with Gasteiger partial charge in [-0.2, -0.15) is 0 Å². The second-order valence-electron chi connectivity index (χ2n) is 3.96. The lowest BCUT2D eigenvalue weighted by molar-refractivity contribution is -0.141. The summed E-state index contributed by atoms with van der Waals surface area (Å²) in [7, 11) is 1.33. The van der Waals surface area contributed by atoms with E-state index in [1.165, 1.54) is 12.7 Å². The van der Waals surface area contributed by atoms with Gasteiger partial charge >= 0.3 is 5.97 Å². The fourth-order valence-electron chi connectivity index (χ4n) is 1.55. The van der Waals surface area contributed by atoms with E-state index < -0.39 is 0 Å². The summed E-state index contributed by atoms with van der Waals surface area (Å²) in [4.78, 5) is 22.5. The zero-order valence-electron chi connectivity index (χ0n) is 10.4. The molecule has 0 spiro atoms. The van der Waals surface area contributed by atoms with E-state index in [4.69, 9.17) is 0 Å². The second kappa shape index (κ2) is 6.84. The summed E-state index contributed by atoms with van der Waals surface area (Å²) in [5, 5.41) is 0. The van der Waals surface area contributed by atoms with Crippen LogP contribution in [0, 0.1) is 0 Å². The Morgan fingerprint density at radius 1 is 1.06 bits per heavy atom. The van der Waals surface area contributed by atoms with Gasteiger partial charge in [0.05, 0.1) is 13.5 Å². The van der Waals surface area contributed by atoms with Gasteiger partial charge in [-0.3, -0.25) is 9.59 Å². The fraction of sp³-hybridized carbons (Fsp3) is 0.429. The molecule has 92 valence electrons. The lowest BCUT2D eigenvalue weighted by atomic mass is 10.0. The van der Waals surface area contributed by atoms with Crippen LogP contribution in [0.15, 0.2) is 24.3 Å². The quantitative estimate of drug-likeness (QED) is 0.709. The monoisotopic (exact) mass is 234 g/mol. The van der Waals surface area contributed by atoms with Crippen molar-refractivity contribution in [3.05, 3.63) is 35.4 Å². The van der Waals surface area contributed by atoms with E-state index in [-0.39, 0.29) is 24.6 Å². The molecule has 0 bridgehead atoms. The largest absolute Gasteiger partial charge is 0.469 e. The van der Waals surface area contributed by atoms with Gasteiger partial charge < -0.3 is 4.74 Å². The number of carbonyl (C=O) groups excluding carboxylic acids is 2. The SMILES string of the molecule is CCc1ccc(CC(=O)CCC(=O)OC)cc1. The highest BCUT2D eigenvalue weighted by Gasteiger charge is 2.07. The van der Waals surface area contributed by atoms with Gasteiger partial charge in [0.1, 0.15) is 5.78 Å². The van der Waals surface area contributed by atoms with Crippen LogP contribution in [0.4, 0.5) is 0 Å². The zero-order chi connectivity index (χ0) is 12.7. The maximum absolute atomic E-state index is 11.6. The third kappa shape index (κ3) is 4.81. The first-order chi connectivity index (χ1) is 8.15. The first-order valence-electron chi connectivity index (χ1n) is 5.82. The number of benzene rings is 1. The van der Waals surface area contributed by atoms with Gasteiger partial charge in [0, 0.05) is 12.8 Å². The number of methoxy groups -OCH3 is 1. The normalized spacial score (nSPS) is 10.0. The number of ether oxygens (including phenoxy) is 1. The van der Waals surface area contributed by atoms with Gasteiger partial charge in [0.2, 0.25) is 0 Å². The van der Waals surface area contributed by atoms with Gasteiger partial charge in [0.25, 0.3) is 0 Å². The topological polar surface area (TPSA) is 43.4 Å². The van der Waals surface area contributed by atoms with Gasteiger partial charge in [-0.1, -0.05) is 31.2 Å². The lowest BCUT2D eigenvalue weighted by Gasteiger charge is -2.02. The van der Waals surface area contributed by atoms with Crippen molar-refractivity contribution in [1.82, 2.24) is 0 Å². The Hall–Kier alpha value is -1.64. The van der Waals surface area contributed by atoms with Crippen molar-refractivity contribution >= 4 is 11.8 Å². The van der Waals surface area contributed by atoms with Gasteiger partial charge in [-0.25, -0.2) is 0 Å². The maximum Gasteiger partial charge on any atom is 0.305 e. The highest BCUT2D eigenvalue weighted by molar-refractivity contribution is 5.84. The van der Waals surface area contributed by atoms with Crippen LogP contribution in [-0.2, 0) is 27.2 Å². The number of Topliss-reactive ketones (excluding diaryl/α,β-unsaturated/α-hetero) is 1. The molecule has 0 N–H and O–H groups in total. The summed E-state index contributed by atoms with van der Waals surface area (Å²) in [5.41, 5.74) is 2.26. The maximum atomic E-state index is 11.6. The molecule has 0 saturated carbocycles. The average Bonchev–Trinajstić information content (AvgIpc) is 2.36. The number of hydrogen-bond acceptors (Lipinski definition) is 3. The summed E-state index contributed by atoms with van der Waals surface area (Å²) in [5.74, 6) is -0.265. The van der Waals surface area contributed by atoms with E-state index in [0.717, 1.165) is 12.0 Å². The minimum Gasteiger partial charge on any atom is -0.469 e. The van der Waals surface area contributed by atoms with E-state index >= 15 is 0 Å². The Morgan fingerprint density at radius 2 is 1.65 bits per heavy atom. The highest BCUT2D eigenvalue weighted by atomic mass is 16.5. The molecular weight excluding hydrogens is 216 g/mol. The molecule has 0 unspecified atom stereocenters. The molecule has 0 fully saturated rings. The van der Waals surface area contributed by atoms with Crippen LogP contribution in [0.1, 0.15) is 30.9 Å². The van der Waals surface area contributed by atoms with Crippen molar-refractivity contribution in [2.24, 2.45) is 0 Å². The summed E-state index contributed by atoms with van der Waals surface area (Å²) in [6.45, 7) is 2.09. The molecule has 0 aliphatic heterocycles. The molecule has 0 amide bonds. The van der Waals surface area contributed by atoms with Crippen LogP contribution in [0.25, 0.3) is 0 Å². The Bertz CT molecular complexity index is 379. The number of ketones is 1. The van der Waals surface area contributed by atoms with Crippen molar-refractivity contribution in [2.75, 3.05) is 7.11 Å². The standard InChI is InChI=1S/C14H18O3/c1-3-11-4-6-12(7-5-11)10-13(15)8-9-14(16)17-2/h4-7H,3,8-10H2,1-2H3. The minimum absolute atomic E-state index is 0.0691. The van der Waals surface area contributed by atoms with Crippen LogP contribution in [0.3, 0.4) is 0 Å². The molecule has 3 heteroatoms. The zero-order valence-corrected chi connectivity index (χ0v) is 10.4. The average molecular weight is 234 g/mol. The van der Waals surface area contributed by atoms with Crippen molar-refractivity contribution in [3.63, 3.8) is 0 Å². The molecule has 0 aliphatic rings. The summed E-state index contributed by atoms with van der Waals surface area (Å²) in [6.07, 6.45) is 1.81. The van der Waals surface area contributed by atoms with Gasteiger partial charge in [0.15, 0.2) is 0 Å². The number of hydrogen-bond donors (Lipinski definition) is 0. The molecule has 0 radical (unpaired) electrons. The summed E-state index contributed by atoms with van der Waals surface area (Å²) < 4.78 is 4.49. The van der Waals surface area contributed by atoms with Crippen LogP contribution < -0.4 is 0 Å². The summed E-state index contributed by atoms with van der Waals surface area (Å²) in [6, 6.07) is 8.00. The van der Waals surface area contributed by atoms with E-state index in [2.05, 4.69) is 11.7 Å². The highest BCUT2D eigenvalue weighted by Crippen LogP contribution is 2.07. The third-order valence-corrected chi connectivity index (χ3v) is 2.67. The lowest BCUT2D eigenvalue weighted by Crippen LogP contribution is -2.07. The molecule has 0 heterocycles. The molecule has 0 aromatic heterocycles. The fourth-order valence-corrected chi connectivity index (χ4v) is 1.55. The van der Waals surface area contributed by atoms with Crippen LogP contribution in [0.5, 0.6) is 0 Å². The first-order valence-corrected chi connectivity index (χ1v) is 5.82. The molecule has 17 heavy (non-hydrogen) atoms. The van der Waals surface area contributed by atoms with Crippen LogP contribution >= 0.6 is 0 Å². The summed E-state index contributed by atoms with van der Waals surface area (Å²) >= 11 is 0. The molecule has 0 saturated heterocycles. The van der Waals surface area contributed by atoms with Crippen molar-refractivity contribution < 1.29 is 14.3 Å². The van der Waals surface area contributed by atoms with E-state index in [0.29, 0.717) is 6.42 Å². The molecule has 1 aromatic carbocycles. The Balaban J connectivity index is 2.42. The number of rotatable bonds is 6. The predicted molar refractivity (Wildman–Crippen MR) is 65.8 cm³/mol. The first kappa shape index (κ1) is 13.4. The van der Waals surface area contributed by atoms with E-state index in [1.807, 2.05) is 24.3 Å². The Morgan fingerprint density at radius 3 is 2.18 bits per heavy atom. The van der Waals surface area contributed by atoms with Gasteiger partial charge in [-0.05, 0) is 17.5 Å². The van der Waals surface area contributed by atoms with Crippen LogP contribution in [-0.4, -0.2) is 18.9 Å². The predicted octanol–water partition coefficient (Wildman–Crippen LogP) is 2.31. The smallest absolute Gasteiger partial charge is 0.305 e. The molecule has 0 aliphatic carbocycles. The molecule has 0 atom stereocenters. The van der Waals surface area contributed by atoms with Crippen LogP contribution in [0.2, 0.25) is 0 Å². The number of aryl methyl sites for hydroxylation is 1. The van der Waals surface area contributed by atoms with Crippen molar-refractivity contribution in [3.8, 4) is 0 Å². The second-order valence-corrected chi connectivity index (χ2v) is 3.96. The Labute approximate surface area is 102 Å². The molecule has 3 nitrogen and oxygen atoms in total.